The van der Waals surface area contributed by atoms with E-state index < -0.39 is 5.97 Å². The smallest absolute Gasteiger partial charge is 0.339 e. The molecular formula is C13H11N3O2. The normalized spacial score (nSPS) is 10.9. The average molecular weight is 241 g/mol. The van der Waals surface area contributed by atoms with Gasteiger partial charge in [-0.15, -0.1) is 0 Å². The predicted molar refractivity (Wildman–Crippen MR) is 67.6 cm³/mol. The van der Waals surface area contributed by atoms with Gasteiger partial charge in [-0.3, -0.25) is 5.10 Å². The number of aryl methyl sites for hydroxylation is 1. The lowest BCUT2D eigenvalue weighted by Gasteiger charge is -1.94. The van der Waals surface area contributed by atoms with Crippen molar-refractivity contribution in [3.8, 4) is 11.4 Å². The quantitative estimate of drug-likeness (QED) is 0.644. The van der Waals surface area contributed by atoms with Gasteiger partial charge in [0.1, 0.15) is 5.56 Å². The minimum absolute atomic E-state index is 0.165. The molecule has 0 saturated heterocycles. The minimum atomic E-state index is -0.992. The molecule has 0 atom stereocenters. The van der Waals surface area contributed by atoms with Gasteiger partial charge in [-0.2, -0.15) is 5.10 Å². The van der Waals surface area contributed by atoms with Crippen molar-refractivity contribution in [2.24, 2.45) is 0 Å². The molecule has 5 heteroatoms. The first kappa shape index (κ1) is 10.6. The second-order valence-electron chi connectivity index (χ2n) is 4.24. The monoisotopic (exact) mass is 241 g/mol. The van der Waals surface area contributed by atoms with Gasteiger partial charge in [0.2, 0.25) is 0 Å². The number of benzene rings is 1. The number of rotatable bonds is 2. The summed E-state index contributed by atoms with van der Waals surface area (Å²) in [7, 11) is 0. The van der Waals surface area contributed by atoms with Crippen LogP contribution in [0.4, 0.5) is 0 Å². The fourth-order valence-corrected chi connectivity index (χ4v) is 2.04. The summed E-state index contributed by atoms with van der Waals surface area (Å²) < 4.78 is 0. The van der Waals surface area contributed by atoms with Crippen LogP contribution in [0.2, 0.25) is 0 Å². The van der Waals surface area contributed by atoms with Crippen LogP contribution in [0.1, 0.15) is 15.9 Å². The van der Waals surface area contributed by atoms with Gasteiger partial charge in [0.25, 0.3) is 0 Å². The number of aromatic carboxylic acids is 1. The Balaban J connectivity index is 2.19. The summed E-state index contributed by atoms with van der Waals surface area (Å²) in [5.74, 6) is -0.992. The fraction of sp³-hybridized carbons (Fsp3) is 0.0769. The van der Waals surface area contributed by atoms with E-state index in [1.807, 2.05) is 31.2 Å². The number of nitrogens with one attached hydrogen (secondary N) is 2. The van der Waals surface area contributed by atoms with Gasteiger partial charge in [-0.05, 0) is 25.1 Å². The molecule has 0 amide bonds. The van der Waals surface area contributed by atoms with Crippen LogP contribution in [0.15, 0.2) is 30.5 Å². The highest BCUT2D eigenvalue weighted by Crippen LogP contribution is 2.25. The first-order chi connectivity index (χ1) is 8.65. The molecule has 3 aromatic rings. The number of H-pyrrole nitrogens is 2. The highest BCUT2D eigenvalue weighted by atomic mass is 16.4. The van der Waals surface area contributed by atoms with Crippen LogP contribution >= 0.6 is 0 Å². The Morgan fingerprint density at radius 1 is 1.33 bits per heavy atom. The topological polar surface area (TPSA) is 81.8 Å². The highest BCUT2D eigenvalue weighted by Gasteiger charge is 2.15. The molecule has 2 heterocycles. The minimum Gasteiger partial charge on any atom is -0.478 e. The molecule has 0 radical (unpaired) electrons. The molecular weight excluding hydrogens is 230 g/mol. The first-order valence-electron chi connectivity index (χ1n) is 5.51. The molecule has 1 aromatic carbocycles. The van der Waals surface area contributed by atoms with Crippen molar-refractivity contribution < 1.29 is 9.90 Å². The number of carboxylic acid groups (broad SMARTS) is 1. The maximum Gasteiger partial charge on any atom is 0.339 e. The van der Waals surface area contributed by atoms with Crippen molar-refractivity contribution >= 4 is 16.9 Å². The number of aromatic nitrogens is 3. The maximum atomic E-state index is 11.1. The standard InChI is InChI=1S/C13H11N3O2/c1-7-2-3-10-8(4-7)5-11(15-10)12-9(13(17)18)6-14-16-12/h2-6,15H,1H3,(H,14,16)(H,17,18). The lowest BCUT2D eigenvalue weighted by molar-refractivity contribution is 0.0698. The fourth-order valence-electron chi connectivity index (χ4n) is 2.04. The first-order valence-corrected chi connectivity index (χ1v) is 5.51. The van der Waals surface area contributed by atoms with Gasteiger partial charge in [0.15, 0.2) is 0 Å². The third kappa shape index (κ3) is 1.57. The summed E-state index contributed by atoms with van der Waals surface area (Å²) in [4.78, 5) is 14.2. The van der Waals surface area contributed by atoms with Crippen LogP contribution in [0.25, 0.3) is 22.3 Å². The Kier molecular flexibility index (Phi) is 2.19. The molecule has 0 aliphatic rings. The van der Waals surface area contributed by atoms with E-state index in [1.54, 1.807) is 0 Å². The Hall–Kier alpha value is -2.56. The summed E-state index contributed by atoms with van der Waals surface area (Å²) in [6, 6.07) is 7.95. The van der Waals surface area contributed by atoms with E-state index in [4.69, 9.17) is 5.11 Å². The molecule has 0 spiro atoms. The van der Waals surface area contributed by atoms with Crippen molar-refractivity contribution in [2.45, 2.75) is 6.92 Å². The second kappa shape index (κ2) is 3.73. The Bertz CT molecular complexity index is 740. The molecule has 0 unspecified atom stereocenters. The third-order valence-electron chi connectivity index (χ3n) is 2.92. The molecule has 0 saturated carbocycles. The highest BCUT2D eigenvalue weighted by molar-refractivity contribution is 5.96. The molecule has 5 nitrogen and oxygen atoms in total. The van der Waals surface area contributed by atoms with Gasteiger partial charge in [-0.1, -0.05) is 11.6 Å². The summed E-state index contributed by atoms with van der Waals surface area (Å²) in [6.07, 6.45) is 1.31. The number of hydrogen-bond donors (Lipinski definition) is 3. The van der Waals surface area contributed by atoms with E-state index in [0.717, 1.165) is 22.2 Å². The number of nitrogens with zero attached hydrogens (tertiary/aromatic N) is 1. The third-order valence-corrected chi connectivity index (χ3v) is 2.92. The predicted octanol–water partition coefficient (Wildman–Crippen LogP) is 2.56. The number of carboxylic acids is 1. The lowest BCUT2D eigenvalue weighted by atomic mass is 10.1. The zero-order valence-electron chi connectivity index (χ0n) is 9.69. The van der Waals surface area contributed by atoms with Gasteiger partial charge in [-0.25, -0.2) is 4.79 Å². The molecule has 0 fully saturated rings. The van der Waals surface area contributed by atoms with Crippen LogP contribution in [0, 0.1) is 6.92 Å². The maximum absolute atomic E-state index is 11.1. The van der Waals surface area contributed by atoms with Crippen molar-refractivity contribution in [2.75, 3.05) is 0 Å². The van der Waals surface area contributed by atoms with Gasteiger partial charge < -0.3 is 10.1 Å². The van der Waals surface area contributed by atoms with E-state index in [9.17, 15) is 4.79 Å². The molecule has 18 heavy (non-hydrogen) atoms. The SMILES string of the molecule is Cc1ccc2[nH]c(-c3[nH]ncc3C(=O)O)cc2c1. The van der Waals surface area contributed by atoms with Crippen LogP contribution < -0.4 is 0 Å². The van der Waals surface area contributed by atoms with Crippen LogP contribution in [-0.4, -0.2) is 26.3 Å². The molecule has 0 bridgehead atoms. The number of fused-ring (bicyclic) bond motifs is 1. The second-order valence-corrected chi connectivity index (χ2v) is 4.24. The summed E-state index contributed by atoms with van der Waals surface area (Å²) in [6.45, 7) is 2.02. The van der Waals surface area contributed by atoms with Gasteiger partial charge in [0.05, 0.1) is 17.6 Å². The number of carbonyl (C=O) groups is 1. The Morgan fingerprint density at radius 2 is 2.17 bits per heavy atom. The van der Waals surface area contributed by atoms with Crippen molar-refractivity contribution in [3.63, 3.8) is 0 Å². The van der Waals surface area contributed by atoms with Crippen molar-refractivity contribution in [1.29, 1.82) is 0 Å². The zero-order valence-corrected chi connectivity index (χ0v) is 9.69. The van der Waals surface area contributed by atoms with Crippen LogP contribution in [0.3, 0.4) is 0 Å². The molecule has 0 aliphatic heterocycles. The summed E-state index contributed by atoms with van der Waals surface area (Å²) >= 11 is 0. The largest absolute Gasteiger partial charge is 0.478 e. The average Bonchev–Trinajstić information content (AvgIpc) is 2.93. The van der Waals surface area contributed by atoms with Gasteiger partial charge >= 0.3 is 5.97 Å². The molecule has 90 valence electrons. The van der Waals surface area contributed by atoms with E-state index in [2.05, 4.69) is 15.2 Å². The van der Waals surface area contributed by atoms with Crippen LogP contribution in [-0.2, 0) is 0 Å². The van der Waals surface area contributed by atoms with E-state index in [-0.39, 0.29) is 5.56 Å². The number of hydrogen-bond acceptors (Lipinski definition) is 2. The van der Waals surface area contributed by atoms with Crippen molar-refractivity contribution in [1.82, 2.24) is 15.2 Å². The Morgan fingerprint density at radius 3 is 2.94 bits per heavy atom. The molecule has 2 aromatic heterocycles. The summed E-state index contributed by atoms with van der Waals surface area (Å²) in [5.41, 5.74) is 3.53. The van der Waals surface area contributed by atoms with Crippen molar-refractivity contribution in [3.05, 3.63) is 41.6 Å². The number of aromatic amines is 2. The molecule has 3 rings (SSSR count). The molecule has 3 N–H and O–H groups in total. The molecule has 0 aliphatic carbocycles. The summed E-state index contributed by atoms with van der Waals surface area (Å²) in [5, 5.41) is 16.6. The van der Waals surface area contributed by atoms with Gasteiger partial charge in [0, 0.05) is 10.9 Å². The Labute approximate surface area is 102 Å². The van der Waals surface area contributed by atoms with Crippen LogP contribution in [0.5, 0.6) is 0 Å². The zero-order chi connectivity index (χ0) is 12.7. The van der Waals surface area contributed by atoms with E-state index >= 15 is 0 Å². The lowest BCUT2D eigenvalue weighted by Crippen LogP contribution is -1.96. The van der Waals surface area contributed by atoms with E-state index in [0.29, 0.717) is 5.69 Å². The van der Waals surface area contributed by atoms with E-state index in [1.165, 1.54) is 6.20 Å².